The van der Waals surface area contributed by atoms with E-state index in [0.717, 1.165) is 5.75 Å². The van der Waals surface area contributed by atoms with Crippen LogP contribution in [0.4, 0.5) is 14.5 Å². The zero-order chi connectivity index (χ0) is 43.8. The average Bonchev–Trinajstić information content (AvgIpc) is 4.12. The molecule has 3 aromatic heterocycles. The molecule has 2 aliphatic heterocycles. The van der Waals surface area contributed by atoms with Gasteiger partial charge in [0.15, 0.2) is 11.6 Å². The number of nitrogens with two attached hydrogens (primary N) is 1. The molecular formula is C48H40F2N6O3P2S2. The van der Waals surface area contributed by atoms with Gasteiger partial charge in [0.1, 0.15) is 17.2 Å². The maximum absolute atomic E-state index is 17.0. The van der Waals surface area contributed by atoms with Crippen LogP contribution in [0.2, 0.25) is 0 Å². The Morgan fingerprint density at radius 2 is 0.952 bits per heavy atom. The van der Waals surface area contributed by atoms with Crippen molar-refractivity contribution < 1.29 is 24.1 Å². The van der Waals surface area contributed by atoms with Crippen molar-refractivity contribution in [2.24, 2.45) is 5.73 Å². The molecule has 5 heterocycles. The lowest BCUT2D eigenvalue weighted by molar-refractivity contribution is 0.475. The number of fused-ring (bicyclic) bond motifs is 8. The summed E-state index contributed by atoms with van der Waals surface area (Å²) in [6.45, 7) is 0.962. The van der Waals surface area contributed by atoms with Gasteiger partial charge in [-0.15, -0.1) is 18.5 Å². The Hall–Kier alpha value is -5.94. The van der Waals surface area contributed by atoms with Crippen LogP contribution in [0.5, 0.6) is 17.2 Å². The van der Waals surface area contributed by atoms with Crippen LogP contribution in [-0.4, -0.2) is 59.9 Å². The average molecular weight is 913 g/mol. The zero-order valence-corrected chi connectivity index (χ0v) is 37.4. The van der Waals surface area contributed by atoms with Gasteiger partial charge in [-0.2, -0.15) is 0 Å². The first kappa shape index (κ1) is 42.4. The summed E-state index contributed by atoms with van der Waals surface area (Å²) in [6.07, 6.45) is 7.38. The Bertz CT molecular complexity index is 3120. The highest BCUT2D eigenvalue weighted by Gasteiger charge is 2.26. The van der Waals surface area contributed by atoms with Crippen LogP contribution in [0, 0.1) is 11.6 Å². The first-order valence-corrected chi connectivity index (χ1v) is 23.5. The molecular weight excluding hydrogens is 873 g/mol. The quantitative estimate of drug-likeness (QED) is 0.0381. The molecule has 8 N–H and O–H groups in total. The molecule has 63 heavy (non-hydrogen) atoms. The van der Waals surface area contributed by atoms with E-state index in [1.54, 1.807) is 88.3 Å². The van der Waals surface area contributed by atoms with Crippen LogP contribution in [0.25, 0.3) is 90.9 Å². The van der Waals surface area contributed by atoms with Crippen LogP contribution < -0.4 is 21.7 Å². The van der Waals surface area contributed by atoms with Crippen molar-refractivity contribution in [2.45, 2.75) is 0 Å². The molecule has 9 rings (SSSR count). The van der Waals surface area contributed by atoms with Gasteiger partial charge < -0.3 is 36.3 Å². The Labute approximate surface area is 373 Å². The van der Waals surface area contributed by atoms with E-state index in [2.05, 4.69) is 33.8 Å². The number of H-pyrrole nitrogens is 2. The van der Waals surface area contributed by atoms with Crippen molar-refractivity contribution in [3.63, 3.8) is 0 Å². The number of nitrogens with zero attached hydrogens (tertiary/aromatic N) is 2. The number of anilines is 1. The van der Waals surface area contributed by atoms with Crippen LogP contribution in [-0.2, 0) is 0 Å². The molecule has 2 atom stereocenters. The summed E-state index contributed by atoms with van der Waals surface area (Å²) >= 11 is 0. The number of hydrogen-bond donors (Lipinski definition) is 7. The van der Waals surface area contributed by atoms with E-state index in [1.807, 2.05) is 54.6 Å². The van der Waals surface area contributed by atoms with E-state index in [4.69, 9.17) is 15.7 Å². The fourth-order valence-electron chi connectivity index (χ4n) is 7.89. The van der Waals surface area contributed by atoms with E-state index < -0.39 is 11.6 Å². The summed E-state index contributed by atoms with van der Waals surface area (Å²) < 4.78 is 33.5. The molecule has 316 valence electrons. The molecule has 0 saturated carbocycles. The first-order valence-electron chi connectivity index (χ1n) is 19.9. The van der Waals surface area contributed by atoms with Gasteiger partial charge in [-0.3, -0.25) is 0 Å². The summed E-state index contributed by atoms with van der Waals surface area (Å²) in [5, 5.41) is 36.0. The molecule has 0 amide bonds. The van der Waals surface area contributed by atoms with Crippen molar-refractivity contribution >= 4 is 103 Å². The largest absolute Gasteiger partial charge is 0.508 e. The van der Waals surface area contributed by atoms with E-state index in [1.165, 1.54) is 0 Å². The fraction of sp³-hybridized carbons (Fsp3) is 0.0833. The summed E-state index contributed by atoms with van der Waals surface area (Å²) in [5.41, 5.74) is 14.4. The maximum Gasteiger partial charge on any atom is 0.183 e. The van der Waals surface area contributed by atoms with Crippen LogP contribution in [0.3, 0.4) is 0 Å². The molecule has 9 nitrogen and oxygen atoms in total. The monoisotopic (exact) mass is 912 g/mol. The Kier molecular flexibility index (Phi) is 12.1. The SMILES string of the molecule is NCCSSCCNc1c(F)c(F)c(-c2c3nc(c(-c4cccc(O)c4)c4ccc([nH]4)c(-c4cccc(O)c4)c4nc(c(-c5cccc(O)c5)c5ccc2[nH]5)C=C4)C=C3)c(P)c1P. The number of benzene rings is 4. The maximum atomic E-state index is 17.0. The summed E-state index contributed by atoms with van der Waals surface area (Å²) in [4.78, 5) is 17.5. The molecule has 0 saturated heterocycles. The fourth-order valence-corrected chi connectivity index (χ4v) is 10.4. The van der Waals surface area contributed by atoms with E-state index in [9.17, 15) is 15.3 Å². The van der Waals surface area contributed by atoms with Crippen LogP contribution >= 0.6 is 40.1 Å². The number of aromatic amines is 2. The number of aromatic hydroxyl groups is 3. The van der Waals surface area contributed by atoms with Gasteiger partial charge in [0, 0.05) is 79.8 Å². The molecule has 0 radical (unpaired) electrons. The van der Waals surface area contributed by atoms with E-state index >= 15 is 8.78 Å². The molecule has 4 aromatic carbocycles. The molecule has 15 heteroatoms. The van der Waals surface area contributed by atoms with Crippen molar-refractivity contribution in [1.29, 1.82) is 0 Å². The molecule has 7 aromatic rings. The van der Waals surface area contributed by atoms with Gasteiger partial charge in [-0.1, -0.05) is 58.0 Å². The van der Waals surface area contributed by atoms with Crippen molar-refractivity contribution in [1.82, 2.24) is 19.9 Å². The second-order valence-electron chi connectivity index (χ2n) is 14.7. The molecule has 0 spiro atoms. The minimum Gasteiger partial charge on any atom is -0.508 e. The highest BCUT2D eigenvalue weighted by molar-refractivity contribution is 8.76. The van der Waals surface area contributed by atoms with Gasteiger partial charge in [-0.05, 0) is 107 Å². The van der Waals surface area contributed by atoms with Gasteiger partial charge in [-0.25, -0.2) is 18.7 Å². The molecule has 2 unspecified atom stereocenters. The minimum atomic E-state index is -1.05. The highest BCUT2D eigenvalue weighted by Crippen LogP contribution is 2.41. The number of phenolic OH excluding ortho intramolecular Hbond substituents is 3. The molecule has 0 fully saturated rings. The predicted octanol–water partition coefficient (Wildman–Crippen LogP) is 10.5. The summed E-state index contributed by atoms with van der Waals surface area (Å²) in [7, 11) is 8.43. The Morgan fingerprint density at radius 1 is 0.540 bits per heavy atom. The van der Waals surface area contributed by atoms with Gasteiger partial charge >= 0.3 is 0 Å². The number of hydrogen-bond acceptors (Lipinski definition) is 9. The van der Waals surface area contributed by atoms with Crippen molar-refractivity contribution in [3.05, 3.63) is 131 Å². The second-order valence-corrected chi connectivity index (χ2v) is 18.6. The Balaban J connectivity index is 1.40. The highest BCUT2D eigenvalue weighted by atomic mass is 33.1. The number of phenols is 3. The van der Waals surface area contributed by atoms with Gasteiger partial charge in [0.2, 0.25) is 0 Å². The lowest BCUT2D eigenvalue weighted by atomic mass is 10.0. The van der Waals surface area contributed by atoms with E-state index in [-0.39, 0.29) is 28.5 Å². The molecule has 2 aliphatic rings. The van der Waals surface area contributed by atoms with Crippen molar-refractivity contribution in [3.8, 4) is 61.8 Å². The molecule has 0 aliphatic carbocycles. The lowest BCUT2D eigenvalue weighted by Crippen LogP contribution is -2.24. The summed E-state index contributed by atoms with van der Waals surface area (Å²) in [5.74, 6) is -0.443. The Morgan fingerprint density at radius 3 is 1.38 bits per heavy atom. The number of aromatic nitrogens is 4. The van der Waals surface area contributed by atoms with Gasteiger partial charge in [0.05, 0.1) is 28.5 Å². The lowest BCUT2D eigenvalue weighted by Gasteiger charge is -2.18. The van der Waals surface area contributed by atoms with Gasteiger partial charge in [0.25, 0.3) is 0 Å². The minimum absolute atomic E-state index is 0.000795. The summed E-state index contributed by atoms with van der Waals surface area (Å²) in [6, 6.07) is 28.1. The topological polar surface area (TPSA) is 156 Å². The van der Waals surface area contributed by atoms with Crippen LogP contribution in [0.15, 0.2) is 97.1 Å². The predicted molar refractivity (Wildman–Crippen MR) is 267 cm³/mol. The smallest absolute Gasteiger partial charge is 0.183 e. The van der Waals surface area contributed by atoms with Crippen molar-refractivity contribution in [2.75, 3.05) is 29.9 Å². The number of halogens is 2. The normalized spacial score (nSPS) is 12.0. The first-order chi connectivity index (χ1) is 30.6. The van der Waals surface area contributed by atoms with E-state index in [0.29, 0.717) is 113 Å². The number of rotatable bonds is 11. The second kappa shape index (κ2) is 18.0. The third-order valence-corrected chi connectivity index (χ3v) is 14.6. The number of nitrogens with one attached hydrogen (secondary N) is 3. The zero-order valence-electron chi connectivity index (χ0n) is 33.4. The third kappa shape index (κ3) is 8.35. The molecule has 8 bridgehead atoms. The van der Waals surface area contributed by atoms with Crippen LogP contribution in [0.1, 0.15) is 22.8 Å². The third-order valence-electron chi connectivity index (χ3n) is 10.6. The standard InChI is InChI=1S/C48H40F2N6O3P2S2/c49-44-43(47(60)48(61)46(45(44)50)52-19-21-63-62-20-18-51)42-37-16-14-35(55-37)40(26-5-2-8-29(58)23-26)33-12-10-31(53-33)39(25-4-1-7-28(57)22-25)32-11-13-34(54-32)41(36-15-17-38(42)56-36)27-6-3-9-30(59)24-27/h1-17,22-24,52-53,56-59H,18-21,51,60-61H2.